The molecular weight excluding hydrogens is 306 g/mol. The van der Waals surface area contributed by atoms with Gasteiger partial charge in [-0.25, -0.2) is 0 Å². The Labute approximate surface area is 140 Å². The Morgan fingerprint density at radius 2 is 1.78 bits per heavy atom. The topological polar surface area (TPSA) is 38.8 Å². The van der Waals surface area contributed by atoms with Gasteiger partial charge in [-0.1, -0.05) is 20.8 Å². The Morgan fingerprint density at radius 1 is 1.22 bits per heavy atom. The fraction of sp³-hybridized carbons (Fsp3) is 0.611. The van der Waals surface area contributed by atoms with Crippen molar-refractivity contribution < 1.29 is 14.0 Å². The fourth-order valence-corrected chi connectivity index (χ4v) is 4.06. The van der Waals surface area contributed by atoms with Crippen molar-refractivity contribution in [3.8, 4) is 5.75 Å². The van der Waals surface area contributed by atoms with Gasteiger partial charge in [-0.05, 0) is 49.3 Å². The Balaban J connectivity index is 2.12. The average molecular weight is 336 g/mol. The van der Waals surface area contributed by atoms with Crippen LogP contribution in [0.2, 0.25) is 18.1 Å². The van der Waals surface area contributed by atoms with E-state index in [0.717, 1.165) is 11.4 Å². The number of hydrogen-bond acceptors (Lipinski definition) is 3. The van der Waals surface area contributed by atoms with E-state index in [0.29, 0.717) is 6.42 Å². The minimum absolute atomic E-state index is 0.0377. The standard InChI is InChI=1S/C18H29NO3Si/c1-13(22-23(6,7)18(2,3)4)16-12-17(20)19(16)14-8-10-15(21-5)11-9-14/h8-11,13,16H,12H2,1-7H3/t13-,16-/m0/s1. The highest BCUT2D eigenvalue weighted by atomic mass is 28.4. The maximum Gasteiger partial charge on any atom is 0.229 e. The van der Waals surface area contributed by atoms with Crippen LogP contribution in [0.25, 0.3) is 0 Å². The molecule has 2 rings (SSSR count). The van der Waals surface area contributed by atoms with Gasteiger partial charge in [-0.2, -0.15) is 0 Å². The van der Waals surface area contributed by atoms with E-state index in [9.17, 15) is 4.79 Å². The van der Waals surface area contributed by atoms with E-state index >= 15 is 0 Å². The van der Waals surface area contributed by atoms with Crippen molar-refractivity contribution in [3.05, 3.63) is 24.3 Å². The molecule has 5 heteroatoms. The maximum atomic E-state index is 12.1. The first-order valence-electron chi connectivity index (χ1n) is 8.21. The maximum absolute atomic E-state index is 12.1. The molecule has 128 valence electrons. The number of methoxy groups -OCH3 is 1. The highest BCUT2D eigenvalue weighted by Gasteiger charge is 2.45. The Bertz CT molecular complexity index is 563. The predicted molar refractivity (Wildman–Crippen MR) is 96.6 cm³/mol. The van der Waals surface area contributed by atoms with Gasteiger partial charge in [0.1, 0.15) is 5.75 Å². The summed E-state index contributed by atoms with van der Waals surface area (Å²) in [5.41, 5.74) is 0.915. The lowest BCUT2D eigenvalue weighted by Crippen LogP contribution is -2.60. The third kappa shape index (κ3) is 3.61. The second-order valence-electron chi connectivity index (χ2n) is 7.82. The Kier molecular flexibility index (Phi) is 4.92. The van der Waals surface area contributed by atoms with Gasteiger partial charge < -0.3 is 14.1 Å². The summed E-state index contributed by atoms with van der Waals surface area (Å²) < 4.78 is 11.7. The summed E-state index contributed by atoms with van der Waals surface area (Å²) in [6, 6.07) is 7.75. The molecule has 2 atom stereocenters. The number of carbonyl (C=O) groups excluding carboxylic acids is 1. The van der Waals surface area contributed by atoms with Crippen molar-refractivity contribution in [2.75, 3.05) is 12.0 Å². The van der Waals surface area contributed by atoms with Gasteiger partial charge >= 0.3 is 0 Å². The van der Waals surface area contributed by atoms with Crippen LogP contribution in [0.4, 0.5) is 5.69 Å². The SMILES string of the molecule is COc1ccc(N2C(=O)C[C@H]2[C@H](C)O[Si](C)(C)C(C)(C)C)cc1. The molecule has 0 radical (unpaired) electrons. The number of ether oxygens (including phenoxy) is 1. The fourth-order valence-electron chi connectivity index (χ4n) is 2.62. The van der Waals surface area contributed by atoms with Crippen molar-refractivity contribution in [1.29, 1.82) is 0 Å². The molecule has 1 aliphatic rings. The van der Waals surface area contributed by atoms with Gasteiger partial charge in [0.15, 0.2) is 8.32 Å². The molecule has 1 fully saturated rings. The van der Waals surface area contributed by atoms with Gasteiger partial charge in [0.25, 0.3) is 0 Å². The van der Waals surface area contributed by atoms with Crippen LogP contribution in [0.5, 0.6) is 5.75 Å². The van der Waals surface area contributed by atoms with E-state index in [1.54, 1.807) is 7.11 Å². The molecule has 1 aromatic rings. The Morgan fingerprint density at radius 3 is 2.22 bits per heavy atom. The molecule has 0 saturated carbocycles. The van der Waals surface area contributed by atoms with E-state index < -0.39 is 8.32 Å². The largest absolute Gasteiger partial charge is 0.497 e. The summed E-state index contributed by atoms with van der Waals surface area (Å²) in [5.74, 6) is 0.953. The molecule has 4 nitrogen and oxygen atoms in total. The molecule has 1 aliphatic heterocycles. The predicted octanol–water partition coefficient (Wildman–Crippen LogP) is 4.21. The van der Waals surface area contributed by atoms with E-state index in [1.807, 2.05) is 29.2 Å². The quantitative estimate of drug-likeness (QED) is 0.597. The molecule has 1 amide bonds. The smallest absolute Gasteiger partial charge is 0.229 e. The number of β-lactam (4-membered cyclic amide) rings is 1. The minimum Gasteiger partial charge on any atom is -0.497 e. The van der Waals surface area contributed by atoms with Crippen LogP contribution in [-0.4, -0.2) is 33.5 Å². The van der Waals surface area contributed by atoms with Crippen molar-refractivity contribution in [2.45, 2.75) is 64.4 Å². The van der Waals surface area contributed by atoms with Crippen molar-refractivity contribution in [2.24, 2.45) is 0 Å². The summed E-state index contributed by atoms with van der Waals surface area (Å²) in [4.78, 5) is 14.0. The zero-order chi connectivity index (χ0) is 17.4. The summed E-state index contributed by atoms with van der Waals surface area (Å²) >= 11 is 0. The first kappa shape index (κ1) is 18.0. The number of rotatable bonds is 5. The van der Waals surface area contributed by atoms with Crippen molar-refractivity contribution in [3.63, 3.8) is 0 Å². The summed E-state index contributed by atoms with van der Waals surface area (Å²) in [6.45, 7) is 13.3. The molecular formula is C18H29NO3Si. The molecule has 1 saturated heterocycles. The molecule has 1 aromatic carbocycles. The minimum atomic E-state index is -1.84. The number of benzene rings is 1. The highest BCUT2D eigenvalue weighted by molar-refractivity contribution is 6.74. The first-order valence-corrected chi connectivity index (χ1v) is 11.1. The van der Waals surface area contributed by atoms with E-state index in [4.69, 9.17) is 9.16 Å². The van der Waals surface area contributed by atoms with Gasteiger partial charge in [0.2, 0.25) is 5.91 Å². The first-order chi connectivity index (χ1) is 10.6. The van der Waals surface area contributed by atoms with Crippen LogP contribution < -0.4 is 9.64 Å². The van der Waals surface area contributed by atoms with E-state index in [1.165, 1.54) is 0 Å². The highest BCUT2D eigenvalue weighted by Crippen LogP contribution is 2.39. The molecule has 0 bridgehead atoms. The van der Waals surface area contributed by atoms with E-state index in [-0.39, 0.29) is 23.1 Å². The van der Waals surface area contributed by atoms with E-state index in [2.05, 4.69) is 40.8 Å². The zero-order valence-electron chi connectivity index (χ0n) is 15.3. The second-order valence-corrected chi connectivity index (χ2v) is 12.6. The van der Waals surface area contributed by atoms with Crippen LogP contribution in [0.1, 0.15) is 34.1 Å². The molecule has 0 aromatic heterocycles. The summed E-state index contributed by atoms with van der Waals surface area (Å²) in [7, 11) is -0.198. The lowest BCUT2D eigenvalue weighted by atomic mass is 9.96. The molecule has 23 heavy (non-hydrogen) atoms. The number of hydrogen-bond donors (Lipinski definition) is 0. The lowest BCUT2D eigenvalue weighted by molar-refractivity contribution is -0.125. The van der Waals surface area contributed by atoms with Crippen LogP contribution >= 0.6 is 0 Å². The number of amides is 1. The summed E-state index contributed by atoms with van der Waals surface area (Å²) in [6.07, 6.45) is 0.595. The van der Waals surface area contributed by atoms with Crippen molar-refractivity contribution in [1.82, 2.24) is 0 Å². The molecule has 0 aliphatic carbocycles. The number of carbonyl (C=O) groups is 1. The van der Waals surface area contributed by atoms with Gasteiger partial charge in [0, 0.05) is 5.69 Å². The molecule has 0 N–H and O–H groups in total. The molecule has 1 heterocycles. The Hall–Kier alpha value is -1.33. The van der Waals surface area contributed by atoms with Crippen LogP contribution in [0, 0.1) is 0 Å². The third-order valence-electron chi connectivity index (χ3n) is 5.16. The van der Waals surface area contributed by atoms with Crippen LogP contribution in [0.15, 0.2) is 24.3 Å². The van der Waals surface area contributed by atoms with Gasteiger partial charge in [0.05, 0.1) is 25.7 Å². The molecule has 0 spiro atoms. The van der Waals surface area contributed by atoms with Gasteiger partial charge in [-0.3, -0.25) is 4.79 Å². The zero-order valence-corrected chi connectivity index (χ0v) is 16.3. The number of anilines is 1. The van der Waals surface area contributed by atoms with Gasteiger partial charge in [-0.15, -0.1) is 0 Å². The third-order valence-corrected chi connectivity index (χ3v) is 9.74. The van der Waals surface area contributed by atoms with Crippen LogP contribution in [-0.2, 0) is 9.22 Å². The second kappa shape index (κ2) is 6.28. The van der Waals surface area contributed by atoms with Crippen LogP contribution in [0.3, 0.4) is 0 Å². The normalized spacial score (nSPS) is 20.2. The lowest BCUT2D eigenvalue weighted by Gasteiger charge is -2.47. The summed E-state index contributed by atoms with van der Waals surface area (Å²) in [5, 5.41) is 0.167. The monoisotopic (exact) mass is 335 g/mol. The molecule has 0 unspecified atom stereocenters. The average Bonchev–Trinajstić information content (AvgIpc) is 2.43. The number of nitrogens with zero attached hydrogens (tertiary/aromatic N) is 1. The van der Waals surface area contributed by atoms with Crippen molar-refractivity contribution >= 4 is 19.9 Å².